The smallest absolute Gasteiger partial charge is 0.261 e. The number of benzene rings is 2. The summed E-state index contributed by atoms with van der Waals surface area (Å²) in [7, 11) is -8.35. The largest absolute Gasteiger partial charge is 0.277 e. The number of hydrogen-bond donors (Lipinski definition) is 2. The summed E-state index contributed by atoms with van der Waals surface area (Å²) >= 11 is 0. The van der Waals surface area contributed by atoms with E-state index in [0.717, 1.165) is 24.3 Å². The lowest BCUT2D eigenvalue weighted by Gasteiger charge is -2.10. The standard InChI is InChI=1S/C12H9F3N2O4S2/c13-9-5-6-10(12(15)11(9)14)17-23(20,21)8-3-1-7(2-4-8)22(16,18)19/h1-6,17H,(H2,16,18,19). The first-order valence-electron chi connectivity index (χ1n) is 5.81. The molecule has 2 aromatic rings. The van der Waals surface area contributed by atoms with Gasteiger partial charge < -0.3 is 0 Å². The van der Waals surface area contributed by atoms with Gasteiger partial charge in [0.05, 0.1) is 15.5 Å². The molecular weight excluding hydrogens is 357 g/mol. The zero-order valence-electron chi connectivity index (χ0n) is 11.1. The van der Waals surface area contributed by atoms with Crippen molar-refractivity contribution in [3.63, 3.8) is 0 Å². The molecule has 2 rings (SSSR count). The van der Waals surface area contributed by atoms with Crippen molar-refractivity contribution in [1.82, 2.24) is 0 Å². The molecule has 0 amide bonds. The number of primary sulfonamides is 1. The normalized spacial score (nSPS) is 12.2. The highest BCUT2D eigenvalue weighted by molar-refractivity contribution is 7.92. The predicted molar refractivity (Wildman–Crippen MR) is 74.9 cm³/mol. The van der Waals surface area contributed by atoms with E-state index in [1.165, 1.54) is 0 Å². The third-order valence-electron chi connectivity index (χ3n) is 2.74. The maximum absolute atomic E-state index is 13.5. The lowest BCUT2D eigenvalue weighted by atomic mass is 10.3. The molecule has 0 aliphatic rings. The van der Waals surface area contributed by atoms with E-state index < -0.39 is 48.1 Å². The monoisotopic (exact) mass is 366 g/mol. The molecule has 0 bridgehead atoms. The first kappa shape index (κ1) is 17.2. The fraction of sp³-hybridized carbons (Fsp3) is 0. The van der Waals surface area contributed by atoms with E-state index in [9.17, 15) is 30.0 Å². The van der Waals surface area contributed by atoms with Gasteiger partial charge >= 0.3 is 0 Å². The molecule has 0 saturated heterocycles. The third-order valence-corrected chi connectivity index (χ3v) is 5.05. The Morgan fingerprint density at radius 1 is 0.783 bits per heavy atom. The molecule has 0 radical (unpaired) electrons. The fourth-order valence-electron chi connectivity index (χ4n) is 1.62. The van der Waals surface area contributed by atoms with Crippen molar-refractivity contribution >= 4 is 25.7 Å². The Bertz CT molecular complexity index is 959. The minimum atomic E-state index is -4.34. The van der Waals surface area contributed by atoms with Crippen molar-refractivity contribution in [1.29, 1.82) is 0 Å². The molecule has 6 nitrogen and oxygen atoms in total. The second kappa shape index (κ2) is 5.83. The van der Waals surface area contributed by atoms with Gasteiger partial charge in [-0.2, -0.15) is 0 Å². The Balaban J connectivity index is 2.38. The molecule has 23 heavy (non-hydrogen) atoms. The number of nitrogens with one attached hydrogen (secondary N) is 1. The van der Waals surface area contributed by atoms with Crippen LogP contribution in [0.1, 0.15) is 0 Å². The van der Waals surface area contributed by atoms with Gasteiger partial charge in [-0.05, 0) is 36.4 Å². The van der Waals surface area contributed by atoms with E-state index in [4.69, 9.17) is 5.14 Å². The Morgan fingerprint density at radius 2 is 1.30 bits per heavy atom. The number of halogens is 3. The number of hydrogen-bond acceptors (Lipinski definition) is 4. The Morgan fingerprint density at radius 3 is 1.83 bits per heavy atom. The number of rotatable bonds is 4. The van der Waals surface area contributed by atoms with Crippen LogP contribution >= 0.6 is 0 Å². The molecule has 2 aromatic carbocycles. The van der Waals surface area contributed by atoms with Crippen molar-refractivity contribution in [2.75, 3.05) is 4.72 Å². The summed E-state index contributed by atoms with van der Waals surface area (Å²) in [5.74, 6) is -4.99. The van der Waals surface area contributed by atoms with Crippen LogP contribution in [0.4, 0.5) is 18.9 Å². The van der Waals surface area contributed by atoms with Crippen LogP contribution in [0.3, 0.4) is 0 Å². The molecular formula is C12H9F3N2O4S2. The van der Waals surface area contributed by atoms with Crippen LogP contribution in [0.2, 0.25) is 0 Å². The molecule has 0 aliphatic carbocycles. The van der Waals surface area contributed by atoms with Crippen LogP contribution in [0.15, 0.2) is 46.2 Å². The average molecular weight is 366 g/mol. The fourth-order valence-corrected chi connectivity index (χ4v) is 3.19. The summed E-state index contributed by atoms with van der Waals surface area (Å²) in [6.07, 6.45) is 0. The van der Waals surface area contributed by atoms with Gasteiger partial charge in [0, 0.05) is 0 Å². The summed E-state index contributed by atoms with van der Waals surface area (Å²) in [6, 6.07) is 4.97. The summed E-state index contributed by atoms with van der Waals surface area (Å²) in [6.45, 7) is 0. The predicted octanol–water partition coefficient (Wildman–Crippen LogP) is 1.55. The van der Waals surface area contributed by atoms with Crippen molar-refractivity contribution < 1.29 is 30.0 Å². The van der Waals surface area contributed by atoms with E-state index in [0.29, 0.717) is 12.1 Å². The lowest BCUT2D eigenvalue weighted by molar-refractivity contribution is 0.449. The van der Waals surface area contributed by atoms with E-state index >= 15 is 0 Å². The highest BCUT2D eigenvalue weighted by atomic mass is 32.2. The second-order valence-electron chi connectivity index (χ2n) is 4.34. The maximum Gasteiger partial charge on any atom is 0.261 e. The molecule has 0 heterocycles. The summed E-state index contributed by atoms with van der Waals surface area (Å²) in [5.41, 5.74) is -0.792. The average Bonchev–Trinajstić information content (AvgIpc) is 2.47. The van der Waals surface area contributed by atoms with Gasteiger partial charge in [0.15, 0.2) is 17.5 Å². The zero-order valence-corrected chi connectivity index (χ0v) is 12.8. The Hall–Kier alpha value is -2.11. The molecule has 0 saturated carbocycles. The minimum Gasteiger partial charge on any atom is -0.277 e. The first-order valence-corrected chi connectivity index (χ1v) is 8.84. The van der Waals surface area contributed by atoms with Crippen molar-refractivity contribution in [3.05, 3.63) is 53.8 Å². The van der Waals surface area contributed by atoms with E-state index in [-0.39, 0.29) is 4.90 Å². The summed E-state index contributed by atoms with van der Waals surface area (Å²) < 4.78 is 87.4. The van der Waals surface area contributed by atoms with Crippen LogP contribution in [0.5, 0.6) is 0 Å². The first-order chi connectivity index (χ1) is 10.5. The van der Waals surface area contributed by atoms with Crippen LogP contribution in [0, 0.1) is 17.5 Å². The highest BCUT2D eigenvalue weighted by Gasteiger charge is 2.20. The minimum absolute atomic E-state index is 0.324. The number of sulfonamides is 2. The number of nitrogens with two attached hydrogens (primary N) is 1. The SMILES string of the molecule is NS(=O)(=O)c1ccc(S(=O)(=O)Nc2ccc(F)c(F)c2F)cc1. The topological polar surface area (TPSA) is 106 Å². The molecule has 11 heteroatoms. The van der Waals surface area contributed by atoms with Gasteiger partial charge in [-0.25, -0.2) is 35.1 Å². The molecule has 0 aliphatic heterocycles. The van der Waals surface area contributed by atoms with Crippen LogP contribution in [0.25, 0.3) is 0 Å². The highest BCUT2D eigenvalue weighted by Crippen LogP contribution is 2.23. The third kappa shape index (κ3) is 3.63. The van der Waals surface area contributed by atoms with Crippen molar-refractivity contribution in [2.24, 2.45) is 5.14 Å². The van der Waals surface area contributed by atoms with Crippen molar-refractivity contribution in [3.8, 4) is 0 Å². The molecule has 3 N–H and O–H groups in total. The molecule has 0 spiro atoms. The van der Waals surface area contributed by atoms with Crippen LogP contribution in [-0.4, -0.2) is 16.8 Å². The van der Waals surface area contributed by atoms with Crippen LogP contribution in [-0.2, 0) is 20.0 Å². The molecule has 0 fully saturated rings. The van der Waals surface area contributed by atoms with Gasteiger partial charge in [-0.15, -0.1) is 0 Å². The maximum atomic E-state index is 13.5. The Kier molecular flexibility index (Phi) is 4.37. The number of anilines is 1. The molecule has 0 unspecified atom stereocenters. The van der Waals surface area contributed by atoms with Gasteiger partial charge in [-0.3, -0.25) is 4.72 Å². The molecule has 0 atom stereocenters. The van der Waals surface area contributed by atoms with E-state index in [2.05, 4.69) is 0 Å². The van der Waals surface area contributed by atoms with Gasteiger partial charge in [0.25, 0.3) is 10.0 Å². The van der Waals surface area contributed by atoms with Gasteiger partial charge in [-0.1, -0.05) is 0 Å². The van der Waals surface area contributed by atoms with Crippen molar-refractivity contribution in [2.45, 2.75) is 9.79 Å². The quantitative estimate of drug-likeness (QED) is 0.801. The summed E-state index contributed by atoms with van der Waals surface area (Å²) in [4.78, 5) is -0.746. The van der Waals surface area contributed by atoms with Crippen LogP contribution < -0.4 is 9.86 Å². The molecule has 124 valence electrons. The zero-order chi connectivity index (χ0) is 17.4. The summed E-state index contributed by atoms with van der Waals surface area (Å²) in [5, 5.41) is 4.87. The van der Waals surface area contributed by atoms with Gasteiger partial charge in [0.2, 0.25) is 10.0 Å². The van der Waals surface area contributed by atoms with Gasteiger partial charge in [0.1, 0.15) is 0 Å². The Labute approximate surface area is 129 Å². The van der Waals surface area contributed by atoms with E-state index in [1.54, 1.807) is 4.72 Å². The lowest BCUT2D eigenvalue weighted by Crippen LogP contribution is -2.16. The molecule has 0 aromatic heterocycles. The second-order valence-corrected chi connectivity index (χ2v) is 7.59. The van der Waals surface area contributed by atoms with E-state index in [1.807, 2.05) is 0 Å².